The van der Waals surface area contributed by atoms with Crippen molar-refractivity contribution >= 4 is 34.2 Å². The number of rotatable bonds is 5. The van der Waals surface area contributed by atoms with E-state index in [0.29, 0.717) is 11.4 Å². The van der Waals surface area contributed by atoms with E-state index < -0.39 is 0 Å². The predicted octanol–water partition coefficient (Wildman–Crippen LogP) is 4.45. The number of anilines is 2. The van der Waals surface area contributed by atoms with Crippen molar-refractivity contribution in [1.82, 2.24) is 0 Å². The molecule has 28 heavy (non-hydrogen) atoms. The molecule has 0 radical (unpaired) electrons. The first kappa shape index (κ1) is 17.0. The number of nitrogens with one attached hydrogen (secondary N) is 2. The third-order valence-electron chi connectivity index (χ3n) is 5.58. The number of carbonyl (C=O) groups excluding carboxylic acids is 2. The maximum atomic E-state index is 12.6. The van der Waals surface area contributed by atoms with Gasteiger partial charge in [-0.25, -0.2) is 0 Å². The molecule has 5 nitrogen and oxygen atoms in total. The second-order valence-electron chi connectivity index (χ2n) is 7.80. The molecule has 0 spiro atoms. The summed E-state index contributed by atoms with van der Waals surface area (Å²) in [7, 11) is 0. The number of benzene rings is 2. The lowest BCUT2D eigenvalue weighted by atomic mass is 10.0. The Hall–Kier alpha value is -3.08. The van der Waals surface area contributed by atoms with E-state index >= 15 is 0 Å². The van der Waals surface area contributed by atoms with Crippen molar-refractivity contribution in [3.05, 3.63) is 59.4 Å². The van der Waals surface area contributed by atoms with Crippen LogP contribution >= 0.6 is 0 Å². The van der Waals surface area contributed by atoms with E-state index in [1.807, 2.05) is 18.2 Å². The molecule has 2 aromatic carbocycles. The SMILES string of the molecule is O=C(Cc1coc2cc3c(cc12)CCC3)Nc1cccc(NC(=O)C2CC2)c1. The van der Waals surface area contributed by atoms with Crippen LogP contribution in [0.4, 0.5) is 11.4 Å². The summed E-state index contributed by atoms with van der Waals surface area (Å²) in [4.78, 5) is 24.5. The average molecular weight is 374 g/mol. The van der Waals surface area contributed by atoms with Crippen molar-refractivity contribution in [1.29, 1.82) is 0 Å². The van der Waals surface area contributed by atoms with Crippen LogP contribution in [0.25, 0.3) is 11.0 Å². The van der Waals surface area contributed by atoms with E-state index in [9.17, 15) is 9.59 Å². The number of hydrogen-bond donors (Lipinski definition) is 2. The van der Waals surface area contributed by atoms with Crippen LogP contribution in [0.2, 0.25) is 0 Å². The largest absolute Gasteiger partial charge is 0.464 e. The van der Waals surface area contributed by atoms with Gasteiger partial charge in [0.1, 0.15) is 5.58 Å². The first-order valence-electron chi connectivity index (χ1n) is 9.88. The van der Waals surface area contributed by atoms with Crippen LogP contribution < -0.4 is 10.6 Å². The van der Waals surface area contributed by atoms with Gasteiger partial charge < -0.3 is 15.1 Å². The Morgan fingerprint density at radius 3 is 2.54 bits per heavy atom. The highest BCUT2D eigenvalue weighted by Gasteiger charge is 2.29. The zero-order valence-electron chi connectivity index (χ0n) is 15.6. The van der Waals surface area contributed by atoms with Gasteiger partial charge in [0.25, 0.3) is 0 Å². The molecule has 5 rings (SSSR count). The molecule has 1 heterocycles. The van der Waals surface area contributed by atoms with Crippen LogP contribution in [0.5, 0.6) is 0 Å². The van der Waals surface area contributed by atoms with Crippen molar-refractivity contribution in [3.63, 3.8) is 0 Å². The van der Waals surface area contributed by atoms with Gasteiger partial charge >= 0.3 is 0 Å². The number of furan rings is 1. The van der Waals surface area contributed by atoms with Gasteiger partial charge in [-0.15, -0.1) is 0 Å². The second-order valence-corrected chi connectivity index (χ2v) is 7.80. The predicted molar refractivity (Wildman–Crippen MR) is 108 cm³/mol. The molecule has 0 saturated heterocycles. The molecule has 142 valence electrons. The molecular weight excluding hydrogens is 352 g/mol. The van der Waals surface area contributed by atoms with Crippen molar-refractivity contribution in [2.24, 2.45) is 5.92 Å². The van der Waals surface area contributed by atoms with Crippen molar-refractivity contribution < 1.29 is 14.0 Å². The third kappa shape index (κ3) is 3.40. The molecule has 2 aliphatic carbocycles. The summed E-state index contributed by atoms with van der Waals surface area (Å²) in [5.41, 5.74) is 5.87. The van der Waals surface area contributed by atoms with Crippen LogP contribution in [-0.2, 0) is 28.9 Å². The minimum Gasteiger partial charge on any atom is -0.464 e. The van der Waals surface area contributed by atoms with Crippen LogP contribution in [0.15, 0.2) is 47.1 Å². The first-order chi connectivity index (χ1) is 13.7. The van der Waals surface area contributed by atoms with Crippen LogP contribution in [0, 0.1) is 5.92 Å². The monoisotopic (exact) mass is 374 g/mol. The number of aryl methyl sites for hydroxylation is 2. The minimum absolute atomic E-state index is 0.0564. The summed E-state index contributed by atoms with van der Waals surface area (Å²) in [6.07, 6.45) is 7.26. The lowest BCUT2D eigenvalue weighted by molar-refractivity contribution is -0.117. The maximum Gasteiger partial charge on any atom is 0.228 e. The summed E-state index contributed by atoms with van der Waals surface area (Å²) < 4.78 is 5.69. The van der Waals surface area contributed by atoms with Crippen LogP contribution in [-0.4, -0.2) is 11.8 Å². The van der Waals surface area contributed by atoms with Gasteiger partial charge in [0.15, 0.2) is 0 Å². The van der Waals surface area contributed by atoms with Crippen molar-refractivity contribution in [2.45, 2.75) is 38.5 Å². The van der Waals surface area contributed by atoms with E-state index in [2.05, 4.69) is 22.8 Å². The zero-order chi connectivity index (χ0) is 19.1. The summed E-state index contributed by atoms with van der Waals surface area (Å²) in [6, 6.07) is 11.6. The normalized spacial score (nSPS) is 15.4. The van der Waals surface area contributed by atoms with E-state index in [4.69, 9.17) is 4.42 Å². The Bertz CT molecular complexity index is 1080. The smallest absolute Gasteiger partial charge is 0.228 e. The fourth-order valence-corrected chi connectivity index (χ4v) is 3.93. The maximum absolute atomic E-state index is 12.6. The van der Waals surface area contributed by atoms with E-state index in [-0.39, 0.29) is 24.2 Å². The number of carbonyl (C=O) groups is 2. The van der Waals surface area contributed by atoms with E-state index in [1.54, 1.807) is 12.3 Å². The molecule has 0 aliphatic heterocycles. The number of amides is 2. The Morgan fingerprint density at radius 2 is 1.75 bits per heavy atom. The van der Waals surface area contributed by atoms with Crippen molar-refractivity contribution in [2.75, 3.05) is 10.6 Å². The molecule has 0 unspecified atom stereocenters. The Morgan fingerprint density at radius 1 is 1.00 bits per heavy atom. The van der Waals surface area contributed by atoms with Gasteiger partial charge in [-0.05, 0) is 73.6 Å². The van der Waals surface area contributed by atoms with Gasteiger partial charge in [0, 0.05) is 28.2 Å². The molecule has 1 aromatic heterocycles. The highest BCUT2D eigenvalue weighted by Crippen LogP contribution is 2.31. The summed E-state index contributed by atoms with van der Waals surface area (Å²) in [5, 5.41) is 6.86. The Kier molecular flexibility index (Phi) is 4.15. The molecule has 5 heteroatoms. The van der Waals surface area contributed by atoms with E-state index in [1.165, 1.54) is 17.5 Å². The Balaban J connectivity index is 1.28. The lowest BCUT2D eigenvalue weighted by Gasteiger charge is -2.08. The highest BCUT2D eigenvalue weighted by molar-refractivity contribution is 5.97. The standard InChI is InChI=1S/C23H22N2O3/c26-22(24-18-5-2-6-19(12-18)25-23(27)14-7-8-14)11-17-13-28-21-10-16-4-1-3-15(16)9-20(17)21/h2,5-6,9-10,12-14H,1,3-4,7-8,11H2,(H,24,26)(H,25,27). The average Bonchev–Trinajstić information content (AvgIpc) is 3.33. The lowest BCUT2D eigenvalue weighted by Crippen LogP contribution is -2.15. The highest BCUT2D eigenvalue weighted by atomic mass is 16.3. The third-order valence-corrected chi connectivity index (χ3v) is 5.58. The summed E-state index contributed by atoms with van der Waals surface area (Å²) in [5.74, 6) is 0.101. The number of hydrogen-bond acceptors (Lipinski definition) is 3. The summed E-state index contributed by atoms with van der Waals surface area (Å²) >= 11 is 0. The molecule has 1 saturated carbocycles. The van der Waals surface area contributed by atoms with E-state index in [0.717, 1.165) is 42.2 Å². The van der Waals surface area contributed by atoms with Crippen molar-refractivity contribution in [3.8, 4) is 0 Å². The molecule has 2 amide bonds. The minimum atomic E-state index is -0.103. The fraction of sp³-hybridized carbons (Fsp3) is 0.304. The van der Waals surface area contributed by atoms with Crippen LogP contribution in [0.1, 0.15) is 36.0 Å². The van der Waals surface area contributed by atoms with Gasteiger partial charge in [-0.3, -0.25) is 9.59 Å². The quantitative estimate of drug-likeness (QED) is 0.693. The van der Waals surface area contributed by atoms with Gasteiger partial charge in [0.2, 0.25) is 11.8 Å². The molecule has 0 bridgehead atoms. The zero-order valence-corrected chi connectivity index (χ0v) is 15.6. The van der Waals surface area contributed by atoms with Crippen LogP contribution in [0.3, 0.4) is 0 Å². The molecular formula is C23H22N2O3. The van der Waals surface area contributed by atoms with Gasteiger partial charge in [-0.2, -0.15) is 0 Å². The summed E-state index contributed by atoms with van der Waals surface area (Å²) in [6.45, 7) is 0. The van der Waals surface area contributed by atoms with Gasteiger partial charge in [0.05, 0.1) is 12.7 Å². The van der Waals surface area contributed by atoms with Gasteiger partial charge in [-0.1, -0.05) is 6.07 Å². The number of fused-ring (bicyclic) bond motifs is 2. The Labute approximate surface area is 163 Å². The first-order valence-corrected chi connectivity index (χ1v) is 9.88. The second kappa shape index (κ2) is 6.82. The molecule has 1 fully saturated rings. The molecule has 0 atom stereocenters. The fourth-order valence-electron chi connectivity index (χ4n) is 3.93. The molecule has 2 aliphatic rings. The molecule has 3 aromatic rings. The topological polar surface area (TPSA) is 71.3 Å². The molecule has 2 N–H and O–H groups in total.